The average Bonchev–Trinajstić information content (AvgIpc) is 3.41. The van der Waals surface area contributed by atoms with Gasteiger partial charge >= 0.3 is 0 Å². The van der Waals surface area contributed by atoms with E-state index in [-0.39, 0.29) is 24.8 Å². The Bertz CT molecular complexity index is 1220. The van der Waals surface area contributed by atoms with E-state index in [2.05, 4.69) is 20.9 Å². The summed E-state index contributed by atoms with van der Waals surface area (Å²) in [7, 11) is 0. The zero-order valence-electron chi connectivity index (χ0n) is 22.9. The van der Waals surface area contributed by atoms with Gasteiger partial charge in [-0.05, 0) is 36.5 Å². The van der Waals surface area contributed by atoms with Crippen molar-refractivity contribution in [1.29, 1.82) is 0 Å². The summed E-state index contributed by atoms with van der Waals surface area (Å²) in [6.45, 7) is 12.0. The van der Waals surface area contributed by atoms with E-state index < -0.39 is 41.5 Å². The molecule has 1 aliphatic heterocycles. The van der Waals surface area contributed by atoms with Crippen molar-refractivity contribution in [3.8, 4) is 10.4 Å². The third kappa shape index (κ3) is 6.76. The number of nitrogens with zero attached hydrogens (tertiary/aromatic N) is 2. The summed E-state index contributed by atoms with van der Waals surface area (Å²) in [5.41, 5.74) is 4.21. The van der Waals surface area contributed by atoms with E-state index in [1.807, 2.05) is 45.9 Å². The number of aryl methyl sites for hydroxylation is 1. The third-order valence-corrected chi connectivity index (χ3v) is 7.50. The van der Waals surface area contributed by atoms with Gasteiger partial charge in [0.05, 0.1) is 28.2 Å². The Morgan fingerprint density at radius 1 is 1.13 bits per heavy atom. The molecule has 10 nitrogen and oxygen atoms in total. The number of carbonyl (C=O) groups is 4. The first kappa shape index (κ1) is 29.2. The van der Waals surface area contributed by atoms with Gasteiger partial charge in [-0.2, -0.15) is 0 Å². The second-order valence-electron chi connectivity index (χ2n) is 10.9. The number of aromatic nitrogens is 1. The fourth-order valence-electron chi connectivity index (χ4n) is 4.66. The van der Waals surface area contributed by atoms with Gasteiger partial charge < -0.3 is 26.0 Å². The van der Waals surface area contributed by atoms with Gasteiger partial charge in [0.1, 0.15) is 12.1 Å². The van der Waals surface area contributed by atoms with Crippen molar-refractivity contribution < 1.29 is 24.3 Å². The normalized spacial score (nSPS) is 19.0. The minimum atomic E-state index is -0.901. The molecule has 206 valence electrons. The van der Waals surface area contributed by atoms with Crippen molar-refractivity contribution >= 4 is 40.7 Å². The van der Waals surface area contributed by atoms with E-state index in [4.69, 9.17) is 0 Å². The molecule has 0 bridgehead atoms. The monoisotopic (exact) mass is 543 g/mol. The Kier molecular flexibility index (Phi) is 8.94. The number of β-amino-alcohol motifs (C(OH)–C–C–N with tert-alkyl or cyclic N) is 1. The smallest absolute Gasteiger partial charge is 0.246 e. The number of likely N-dealkylation sites (tertiary alicyclic amines) is 1. The molecule has 4 amide bonds. The number of anilines is 1. The highest BCUT2D eigenvalue weighted by Crippen LogP contribution is 2.33. The van der Waals surface area contributed by atoms with Crippen molar-refractivity contribution in [2.24, 2.45) is 5.41 Å². The maximum atomic E-state index is 13.5. The number of hydrogen-bond acceptors (Lipinski definition) is 7. The van der Waals surface area contributed by atoms with Crippen molar-refractivity contribution in [2.75, 3.05) is 11.9 Å². The van der Waals surface area contributed by atoms with Crippen LogP contribution < -0.4 is 16.0 Å². The molecule has 0 unspecified atom stereocenters. The van der Waals surface area contributed by atoms with Crippen LogP contribution in [0.3, 0.4) is 0 Å². The summed E-state index contributed by atoms with van der Waals surface area (Å²) in [5.74, 6) is -1.44. The summed E-state index contributed by atoms with van der Waals surface area (Å²) in [4.78, 5) is 57.2. The van der Waals surface area contributed by atoms with Crippen molar-refractivity contribution in [2.45, 2.75) is 79.1 Å². The second kappa shape index (κ2) is 11.6. The fourth-order valence-corrected chi connectivity index (χ4v) is 5.47. The number of benzene rings is 1. The van der Waals surface area contributed by atoms with E-state index >= 15 is 0 Å². The van der Waals surface area contributed by atoms with E-state index in [0.29, 0.717) is 11.3 Å². The molecule has 1 aliphatic rings. The Hall–Kier alpha value is -3.31. The van der Waals surface area contributed by atoms with E-state index in [0.717, 1.165) is 16.1 Å². The highest BCUT2D eigenvalue weighted by molar-refractivity contribution is 7.13. The summed E-state index contributed by atoms with van der Waals surface area (Å²) in [6, 6.07) is 3.36. The van der Waals surface area contributed by atoms with Crippen LogP contribution in [0.15, 0.2) is 23.7 Å². The van der Waals surface area contributed by atoms with Crippen LogP contribution in [0.1, 0.15) is 65.3 Å². The molecule has 0 radical (unpaired) electrons. The molecule has 2 heterocycles. The van der Waals surface area contributed by atoms with Crippen LogP contribution in [0.4, 0.5) is 5.69 Å². The summed E-state index contributed by atoms with van der Waals surface area (Å²) >= 11 is 1.50. The SMILES string of the molecule is CC(=O)Nc1cc(-c2scnc2C)ccc1[C@H](C)NC(=O)[C@@H]1C[C@@H](O)CN1C(=O)[C@@H](NC(C)=O)C(C)(C)C. The van der Waals surface area contributed by atoms with Crippen molar-refractivity contribution in [1.82, 2.24) is 20.5 Å². The zero-order chi connectivity index (χ0) is 28.4. The van der Waals surface area contributed by atoms with Crippen LogP contribution in [-0.2, 0) is 19.2 Å². The minimum absolute atomic E-state index is 0.00248. The molecule has 3 rings (SSSR count). The molecule has 0 saturated carbocycles. The lowest BCUT2D eigenvalue weighted by atomic mass is 9.85. The lowest BCUT2D eigenvalue weighted by Crippen LogP contribution is -2.57. The predicted molar refractivity (Wildman–Crippen MR) is 146 cm³/mol. The highest BCUT2D eigenvalue weighted by atomic mass is 32.1. The minimum Gasteiger partial charge on any atom is -0.391 e. The van der Waals surface area contributed by atoms with Gasteiger partial charge in [0.15, 0.2) is 0 Å². The molecule has 4 atom stereocenters. The van der Waals surface area contributed by atoms with Crippen LogP contribution in [0, 0.1) is 12.3 Å². The van der Waals surface area contributed by atoms with Gasteiger partial charge in [0.25, 0.3) is 0 Å². The quantitative estimate of drug-likeness (QED) is 0.423. The average molecular weight is 544 g/mol. The molecular formula is C27H37N5O5S. The first-order valence-corrected chi connectivity index (χ1v) is 13.4. The van der Waals surface area contributed by atoms with Gasteiger partial charge in [0.2, 0.25) is 23.6 Å². The van der Waals surface area contributed by atoms with Crippen LogP contribution in [0.25, 0.3) is 10.4 Å². The van der Waals surface area contributed by atoms with Gasteiger partial charge in [-0.1, -0.05) is 32.9 Å². The summed E-state index contributed by atoms with van der Waals surface area (Å²) in [6.07, 6.45) is -0.775. The number of carbonyl (C=O) groups excluding carboxylic acids is 4. The molecule has 1 saturated heterocycles. The predicted octanol–water partition coefficient (Wildman–Crippen LogP) is 2.77. The van der Waals surface area contributed by atoms with Crippen LogP contribution in [-0.4, -0.2) is 63.4 Å². The first-order chi connectivity index (χ1) is 17.7. The Labute approximate surface area is 227 Å². The maximum Gasteiger partial charge on any atom is 0.246 e. The molecule has 1 fully saturated rings. The molecule has 11 heteroatoms. The number of thiazole rings is 1. The summed E-state index contributed by atoms with van der Waals surface area (Å²) in [5, 5.41) is 18.9. The number of aliphatic hydroxyl groups is 1. The molecule has 38 heavy (non-hydrogen) atoms. The zero-order valence-corrected chi connectivity index (χ0v) is 23.7. The van der Waals surface area contributed by atoms with E-state index in [1.54, 1.807) is 12.4 Å². The number of nitrogens with one attached hydrogen (secondary N) is 3. The molecule has 4 N–H and O–H groups in total. The largest absolute Gasteiger partial charge is 0.391 e. The lowest BCUT2D eigenvalue weighted by Gasteiger charge is -2.35. The number of hydrogen-bond donors (Lipinski definition) is 4. The standard InChI is InChI=1S/C27H37N5O5S/c1-14(20-9-8-18(10-21(20)30-16(3)33)23-15(2)28-13-38-23)29-25(36)22-11-19(35)12-32(22)26(37)24(27(5,6)7)31-17(4)34/h8-10,13-14,19,22,24,35H,11-12H2,1-7H3,(H,29,36)(H,30,33)(H,31,34)/t14-,19+,22-,24+/m0/s1. The van der Waals surface area contributed by atoms with Crippen LogP contribution >= 0.6 is 11.3 Å². The van der Waals surface area contributed by atoms with E-state index in [9.17, 15) is 24.3 Å². The number of rotatable bonds is 7. The van der Waals surface area contributed by atoms with Crippen LogP contribution in [0.2, 0.25) is 0 Å². The molecule has 0 spiro atoms. The Balaban J connectivity index is 1.85. The molecule has 1 aromatic carbocycles. The third-order valence-electron chi connectivity index (χ3n) is 6.52. The molecule has 1 aromatic heterocycles. The topological polar surface area (TPSA) is 141 Å². The number of aliphatic hydroxyl groups excluding tert-OH is 1. The first-order valence-electron chi connectivity index (χ1n) is 12.6. The molecular weight excluding hydrogens is 506 g/mol. The molecule has 2 aromatic rings. The van der Waals surface area contributed by atoms with Gasteiger partial charge in [-0.25, -0.2) is 4.98 Å². The Morgan fingerprint density at radius 2 is 1.82 bits per heavy atom. The van der Waals surface area contributed by atoms with Gasteiger partial charge in [0, 0.05) is 32.5 Å². The lowest BCUT2D eigenvalue weighted by molar-refractivity contribution is -0.144. The van der Waals surface area contributed by atoms with E-state index in [1.165, 1.54) is 30.1 Å². The fraction of sp³-hybridized carbons (Fsp3) is 0.519. The second-order valence-corrected chi connectivity index (χ2v) is 11.7. The summed E-state index contributed by atoms with van der Waals surface area (Å²) < 4.78 is 0. The van der Waals surface area contributed by atoms with Crippen molar-refractivity contribution in [3.63, 3.8) is 0 Å². The molecule has 0 aliphatic carbocycles. The maximum absolute atomic E-state index is 13.5. The van der Waals surface area contributed by atoms with Crippen molar-refractivity contribution in [3.05, 3.63) is 35.0 Å². The highest BCUT2D eigenvalue weighted by Gasteiger charge is 2.44. The van der Waals surface area contributed by atoms with Crippen LogP contribution in [0.5, 0.6) is 0 Å². The van der Waals surface area contributed by atoms with Gasteiger partial charge in [-0.15, -0.1) is 11.3 Å². The Morgan fingerprint density at radius 3 is 2.37 bits per heavy atom. The number of amides is 4. The van der Waals surface area contributed by atoms with Gasteiger partial charge in [-0.3, -0.25) is 19.2 Å².